The minimum absolute atomic E-state index is 0.0961. The highest BCUT2D eigenvalue weighted by Crippen LogP contribution is 2.05. The number of hydrogen-bond donors (Lipinski definition) is 1. The average Bonchev–Trinajstić information content (AvgIpc) is 1.87. The van der Waals surface area contributed by atoms with Gasteiger partial charge in [0.05, 0.1) is 6.10 Å². The van der Waals surface area contributed by atoms with Gasteiger partial charge in [0.15, 0.2) is 5.78 Å². The summed E-state index contributed by atoms with van der Waals surface area (Å²) in [7, 11) is 0. The van der Waals surface area contributed by atoms with Crippen LogP contribution in [0.4, 0.5) is 0 Å². The van der Waals surface area contributed by atoms with Crippen molar-refractivity contribution in [1.82, 2.24) is 0 Å². The van der Waals surface area contributed by atoms with E-state index < -0.39 is 6.10 Å². The predicted octanol–water partition coefficient (Wildman–Crippen LogP) is 1.15. The van der Waals surface area contributed by atoms with Crippen molar-refractivity contribution in [2.24, 2.45) is 5.92 Å². The van der Waals surface area contributed by atoms with Crippen LogP contribution in [0.1, 0.15) is 20.3 Å². The van der Waals surface area contributed by atoms with E-state index in [-0.39, 0.29) is 18.1 Å². The SMILES string of the molecule is C=CC(=O)C[C@H](O)C(C)C. The minimum atomic E-state index is -0.523. The van der Waals surface area contributed by atoms with E-state index in [2.05, 4.69) is 6.58 Å². The normalized spacial score (nSPS) is 13.2. The Bertz CT molecular complexity index is 127. The second kappa shape index (κ2) is 4.23. The van der Waals surface area contributed by atoms with Gasteiger partial charge < -0.3 is 5.11 Å². The summed E-state index contributed by atoms with van der Waals surface area (Å²) in [5, 5.41) is 9.16. The van der Waals surface area contributed by atoms with Crippen molar-refractivity contribution in [2.75, 3.05) is 0 Å². The van der Waals surface area contributed by atoms with Crippen LogP contribution in [0.15, 0.2) is 12.7 Å². The van der Waals surface area contributed by atoms with Gasteiger partial charge >= 0.3 is 0 Å². The number of ketones is 1. The first-order valence-corrected chi connectivity index (χ1v) is 3.41. The zero-order valence-corrected chi connectivity index (χ0v) is 6.50. The summed E-state index contributed by atoms with van der Waals surface area (Å²) in [4.78, 5) is 10.6. The maximum Gasteiger partial charge on any atom is 0.157 e. The average molecular weight is 142 g/mol. The molecule has 0 fully saturated rings. The Balaban J connectivity index is 3.67. The number of carbonyl (C=O) groups is 1. The van der Waals surface area contributed by atoms with Crippen LogP contribution < -0.4 is 0 Å². The zero-order chi connectivity index (χ0) is 8.15. The first-order valence-electron chi connectivity index (χ1n) is 3.41. The van der Waals surface area contributed by atoms with Gasteiger partial charge in [-0.1, -0.05) is 20.4 Å². The molecule has 0 aliphatic heterocycles. The number of aliphatic hydroxyl groups excluding tert-OH is 1. The molecule has 0 saturated carbocycles. The van der Waals surface area contributed by atoms with Gasteiger partial charge in [-0.15, -0.1) is 0 Å². The summed E-state index contributed by atoms with van der Waals surface area (Å²) in [5.41, 5.74) is 0. The molecule has 0 aromatic carbocycles. The predicted molar refractivity (Wildman–Crippen MR) is 40.7 cm³/mol. The summed E-state index contributed by atoms with van der Waals surface area (Å²) in [6, 6.07) is 0. The highest BCUT2D eigenvalue weighted by atomic mass is 16.3. The Morgan fingerprint density at radius 1 is 1.70 bits per heavy atom. The Morgan fingerprint density at radius 3 is 2.50 bits per heavy atom. The number of rotatable bonds is 4. The molecule has 1 N–H and O–H groups in total. The third-order valence-corrected chi connectivity index (χ3v) is 1.41. The topological polar surface area (TPSA) is 37.3 Å². The van der Waals surface area contributed by atoms with Crippen molar-refractivity contribution >= 4 is 5.78 Å². The number of carbonyl (C=O) groups excluding carboxylic acids is 1. The molecule has 58 valence electrons. The largest absolute Gasteiger partial charge is 0.392 e. The van der Waals surface area contributed by atoms with Crippen LogP contribution in [0.3, 0.4) is 0 Å². The molecule has 2 heteroatoms. The molecule has 0 aliphatic rings. The van der Waals surface area contributed by atoms with Crippen LogP contribution in [0.25, 0.3) is 0 Å². The van der Waals surface area contributed by atoms with Crippen LogP contribution in [0, 0.1) is 5.92 Å². The quantitative estimate of drug-likeness (QED) is 0.598. The smallest absolute Gasteiger partial charge is 0.157 e. The maximum absolute atomic E-state index is 10.6. The van der Waals surface area contributed by atoms with Crippen molar-refractivity contribution < 1.29 is 9.90 Å². The molecule has 0 saturated heterocycles. The molecule has 0 aliphatic carbocycles. The summed E-state index contributed by atoms with van der Waals surface area (Å²) in [6.07, 6.45) is 0.915. The summed E-state index contributed by atoms with van der Waals surface area (Å²) in [6.45, 7) is 7.06. The molecule has 0 bridgehead atoms. The van der Waals surface area contributed by atoms with E-state index in [4.69, 9.17) is 5.11 Å². The molecule has 0 aromatic heterocycles. The lowest BCUT2D eigenvalue weighted by Crippen LogP contribution is -2.17. The highest BCUT2D eigenvalue weighted by Gasteiger charge is 2.11. The van der Waals surface area contributed by atoms with Gasteiger partial charge in [0.2, 0.25) is 0 Å². The molecule has 0 heterocycles. The van der Waals surface area contributed by atoms with Gasteiger partial charge in [0, 0.05) is 6.42 Å². The fourth-order valence-corrected chi connectivity index (χ4v) is 0.525. The monoisotopic (exact) mass is 142 g/mol. The lowest BCUT2D eigenvalue weighted by Gasteiger charge is -2.11. The lowest BCUT2D eigenvalue weighted by atomic mass is 10.0. The van der Waals surface area contributed by atoms with Gasteiger partial charge in [-0.05, 0) is 12.0 Å². The van der Waals surface area contributed by atoms with Crippen LogP contribution in [0.5, 0.6) is 0 Å². The summed E-state index contributed by atoms with van der Waals surface area (Å²) in [5.74, 6) is 0.0464. The fourth-order valence-electron chi connectivity index (χ4n) is 0.525. The molecule has 0 radical (unpaired) electrons. The third kappa shape index (κ3) is 3.41. The lowest BCUT2D eigenvalue weighted by molar-refractivity contribution is -0.116. The van der Waals surface area contributed by atoms with Crippen molar-refractivity contribution in [3.05, 3.63) is 12.7 Å². The molecule has 0 spiro atoms. The Labute approximate surface area is 61.6 Å². The van der Waals surface area contributed by atoms with Gasteiger partial charge in [-0.2, -0.15) is 0 Å². The molecule has 10 heavy (non-hydrogen) atoms. The minimum Gasteiger partial charge on any atom is -0.392 e. The Hall–Kier alpha value is -0.630. The second-order valence-corrected chi connectivity index (χ2v) is 2.69. The van der Waals surface area contributed by atoms with Crippen molar-refractivity contribution in [1.29, 1.82) is 0 Å². The van der Waals surface area contributed by atoms with Gasteiger partial charge in [-0.3, -0.25) is 4.79 Å². The van der Waals surface area contributed by atoms with Crippen LogP contribution in [-0.2, 0) is 4.79 Å². The Morgan fingerprint density at radius 2 is 2.20 bits per heavy atom. The molecular weight excluding hydrogens is 128 g/mol. The Kier molecular flexibility index (Phi) is 3.96. The number of aliphatic hydroxyl groups is 1. The third-order valence-electron chi connectivity index (χ3n) is 1.41. The summed E-state index contributed by atoms with van der Waals surface area (Å²) < 4.78 is 0. The summed E-state index contributed by atoms with van der Waals surface area (Å²) >= 11 is 0. The van der Waals surface area contributed by atoms with Crippen LogP contribution >= 0.6 is 0 Å². The molecule has 2 nitrogen and oxygen atoms in total. The van der Waals surface area contributed by atoms with E-state index in [0.29, 0.717) is 0 Å². The standard InChI is InChI=1S/C8H14O2/c1-4-7(9)5-8(10)6(2)3/h4,6,8,10H,1,5H2,2-3H3/t8-/m0/s1. The van der Waals surface area contributed by atoms with Gasteiger partial charge in [0.25, 0.3) is 0 Å². The van der Waals surface area contributed by atoms with E-state index in [1.54, 1.807) is 0 Å². The molecule has 0 rings (SSSR count). The number of allylic oxidation sites excluding steroid dienone is 1. The molecule has 1 atom stereocenters. The van der Waals surface area contributed by atoms with Crippen molar-refractivity contribution in [3.8, 4) is 0 Å². The molecule has 0 unspecified atom stereocenters. The number of hydrogen-bond acceptors (Lipinski definition) is 2. The van der Waals surface area contributed by atoms with Crippen LogP contribution in [-0.4, -0.2) is 17.0 Å². The maximum atomic E-state index is 10.6. The first-order chi connectivity index (χ1) is 4.57. The van der Waals surface area contributed by atoms with Gasteiger partial charge in [-0.25, -0.2) is 0 Å². The molecular formula is C8H14O2. The van der Waals surface area contributed by atoms with E-state index in [1.807, 2.05) is 13.8 Å². The zero-order valence-electron chi connectivity index (χ0n) is 6.50. The molecule has 0 aromatic rings. The highest BCUT2D eigenvalue weighted by molar-refractivity contribution is 5.89. The molecule has 0 amide bonds. The van der Waals surface area contributed by atoms with Gasteiger partial charge in [0.1, 0.15) is 0 Å². The van der Waals surface area contributed by atoms with Crippen LogP contribution in [0.2, 0.25) is 0 Å². The van der Waals surface area contributed by atoms with Crippen molar-refractivity contribution in [3.63, 3.8) is 0 Å². The fraction of sp³-hybridized carbons (Fsp3) is 0.625. The van der Waals surface area contributed by atoms with E-state index >= 15 is 0 Å². The van der Waals surface area contributed by atoms with Crippen molar-refractivity contribution in [2.45, 2.75) is 26.4 Å². The first kappa shape index (κ1) is 9.37. The second-order valence-electron chi connectivity index (χ2n) is 2.69. The van der Waals surface area contributed by atoms with E-state index in [1.165, 1.54) is 6.08 Å². The van der Waals surface area contributed by atoms with E-state index in [0.717, 1.165) is 0 Å². The van der Waals surface area contributed by atoms with E-state index in [9.17, 15) is 4.79 Å².